The van der Waals surface area contributed by atoms with Crippen LogP contribution in [-0.4, -0.2) is 34.4 Å². The Morgan fingerprint density at radius 3 is 2.68 bits per heavy atom. The maximum Gasteiger partial charge on any atom is 0.284 e. The molecule has 116 valence electrons. The lowest BCUT2D eigenvalue weighted by Crippen LogP contribution is -2.38. The molecule has 1 saturated heterocycles. The molecule has 3 rings (SSSR count). The molecule has 1 atom stereocenters. The summed E-state index contributed by atoms with van der Waals surface area (Å²) in [5, 5.41) is 6.14. The fourth-order valence-electron chi connectivity index (χ4n) is 2.87. The first-order valence-corrected chi connectivity index (χ1v) is 7.45. The molecule has 2 N–H and O–H groups in total. The summed E-state index contributed by atoms with van der Waals surface area (Å²) in [6.45, 7) is 3.44. The van der Waals surface area contributed by atoms with Crippen LogP contribution in [0.3, 0.4) is 0 Å². The van der Waals surface area contributed by atoms with E-state index in [-0.39, 0.29) is 23.1 Å². The van der Waals surface area contributed by atoms with Gasteiger partial charge in [-0.2, -0.15) is 0 Å². The molecule has 0 unspecified atom stereocenters. The van der Waals surface area contributed by atoms with E-state index >= 15 is 0 Å². The molecule has 22 heavy (non-hydrogen) atoms. The summed E-state index contributed by atoms with van der Waals surface area (Å²) in [6.07, 6.45) is 0.893. The smallest absolute Gasteiger partial charge is 0.284 e. The molecule has 6 heteroatoms. The molecule has 6 nitrogen and oxygen atoms in total. The summed E-state index contributed by atoms with van der Waals surface area (Å²) < 4.78 is 3.25. The van der Waals surface area contributed by atoms with Crippen molar-refractivity contribution in [3.8, 4) is 5.69 Å². The van der Waals surface area contributed by atoms with Crippen molar-refractivity contribution >= 4 is 5.91 Å². The van der Waals surface area contributed by atoms with Crippen LogP contribution in [0.5, 0.6) is 0 Å². The van der Waals surface area contributed by atoms with Crippen LogP contribution in [0.2, 0.25) is 0 Å². The third kappa shape index (κ3) is 2.46. The van der Waals surface area contributed by atoms with Gasteiger partial charge in [0.05, 0.1) is 11.4 Å². The average molecular weight is 300 g/mol. The summed E-state index contributed by atoms with van der Waals surface area (Å²) in [4.78, 5) is 25.2. The molecular weight excluding hydrogens is 280 g/mol. The van der Waals surface area contributed by atoms with Crippen molar-refractivity contribution in [2.75, 3.05) is 13.1 Å². The van der Waals surface area contributed by atoms with E-state index in [0.717, 1.165) is 25.2 Å². The third-order valence-electron chi connectivity index (χ3n) is 4.18. The number of amides is 1. The normalized spacial score (nSPS) is 17.6. The number of benzene rings is 1. The second kappa shape index (κ2) is 5.81. The molecule has 1 fully saturated rings. The third-order valence-corrected chi connectivity index (χ3v) is 4.18. The molecule has 1 aliphatic heterocycles. The van der Waals surface area contributed by atoms with Gasteiger partial charge in [-0.05, 0) is 32.0 Å². The Morgan fingerprint density at radius 1 is 1.32 bits per heavy atom. The quantitative estimate of drug-likeness (QED) is 0.871. The Bertz CT molecular complexity index is 739. The van der Waals surface area contributed by atoms with Gasteiger partial charge >= 0.3 is 0 Å². The standard InChI is InChI=1S/C16H20N4O2/c1-11-14(15(21)18-12-8-9-17-10-12)16(22)20(19(11)2)13-6-4-3-5-7-13/h3-7,12,17H,8-10H2,1-2H3,(H,18,21)/t12-/m0/s1. The summed E-state index contributed by atoms with van der Waals surface area (Å²) in [7, 11) is 1.79. The van der Waals surface area contributed by atoms with Gasteiger partial charge in [0.1, 0.15) is 5.56 Å². The van der Waals surface area contributed by atoms with E-state index in [4.69, 9.17) is 0 Å². The van der Waals surface area contributed by atoms with Gasteiger partial charge < -0.3 is 10.6 Å². The number of nitrogens with zero attached hydrogens (tertiary/aromatic N) is 2. The summed E-state index contributed by atoms with van der Waals surface area (Å²) in [5.41, 5.74) is 1.35. The topological polar surface area (TPSA) is 68.1 Å². The summed E-state index contributed by atoms with van der Waals surface area (Å²) >= 11 is 0. The number of aromatic nitrogens is 2. The van der Waals surface area contributed by atoms with Crippen LogP contribution >= 0.6 is 0 Å². The van der Waals surface area contributed by atoms with E-state index in [1.54, 1.807) is 18.7 Å². The Hall–Kier alpha value is -2.34. The second-order valence-corrected chi connectivity index (χ2v) is 5.60. The number of carbonyl (C=O) groups is 1. The number of para-hydroxylation sites is 1. The first-order valence-electron chi connectivity index (χ1n) is 7.45. The van der Waals surface area contributed by atoms with Gasteiger partial charge in [0, 0.05) is 19.6 Å². The number of nitrogens with one attached hydrogen (secondary N) is 2. The average Bonchev–Trinajstić information content (AvgIpc) is 3.08. The lowest BCUT2D eigenvalue weighted by atomic mass is 10.2. The van der Waals surface area contributed by atoms with Gasteiger partial charge in [-0.25, -0.2) is 4.68 Å². The van der Waals surface area contributed by atoms with Crippen LogP contribution in [0.25, 0.3) is 5.69 Å². The summed E-state index contributed by atoms with van der Waals surface area (Å²) in [5.74, 6) is -0.290. The Kier molecular flexibility index (Phi) is 3.85. The molecule has 1 aliphatic rings. The van der Waals surface area contributed by atoms with Crippen molar-refractivity contribution in [2.45, 2.75) is 19.4 Å². The maximum atomic E-state index is 12.7. The molecule has 0 aliphatic carbocycles. The van der Waals surface area contributed by atoms with Gasteiger partial charge in [-0.1, -0.05) is 18.2 Å². The van der Waals surface area contributed by atoms with Crippen LogP contribution in [0.1, 0.15) is 22.5 Å². The molecule has 0 bridgehead atoms. The van der Waals surface area contributed by atoms with Crippen molar-refractivity contribution < 1.29 is 4.79 Å². The molecule has 0 radical (unpaired) electrons. The largest absolute Gasteiger partial charge is 0.348 e. The highest BCUT2D eigenvalue weighted by molar-refractivity contribution is 5.95. The highest BCUT2D eigenvalue weighted by atomic mass is 16.2. The van der Waals surface area contributed by atoms with Crippen molar-refractivity contribution in [2.24, 2.45) is 7.05 Å². The van der Waals surface area contributed by atoms with Gasteiger partial charge in [-0.15, -0.1) is 0 Å². The van der Waals surface area contributed by atoms with Gasteiger partial charge in [0.25, 0.3) is 11.5 Å². The van der Waals surface area contributed by atoms with Crippen molar-refractivity contribution in [3.63, 3.8) is 0 Å². The Morgan fingerprint density at radius 2 is 2.05 bits per heavy atom. The highest BCUT2D eigenvalue weighted by Gasteiger charge is 2.25. The minimum Gasteiger partial charge on any atom is -0.348 e. The minimum atomic E-state index is -0.290. The fourth-order valence-corrected chi connectivity index (χ4v) is 2.87. The van der Waals surface area contributed by atoms with Crippen LogP contribution in [0, 0.1) is 6.92 Å². The first kappa shape index (κ1) is 14.6. The predicted molar refractivity (Wildman–Crippen MR) is 84.5 cm³/mol. The number of carbonyl (C=O) groups excluding carboxylic acids is 1. The second-order valence-electron chi connectivity index (χ2n) is 5.60. The molecule has 1 amide bonds. The highest BCUT2D eigenvalue weighted by Crippen LogP contribution is 2.10. The van der Waals surface area contributed by atoms with E-state index in [0.29, 0.717) is 5.69 Å². The van der Waals surface area contributed by atoms with Crippen molar-refractivity contribution in [1.82, 2.24) is 20.0 Å². The number of hydrogen-bond acceptors (Lipinski definition) is 3. The van der Waals surface area contributed by atoms with E-state index < -0.39 is 0 Å². The van der Waals surface area contributed by atoms with Crippen LogP contribution in [0.4, 0.5) is 0 Å². The van der Waals surface area contributed by atoms with E-state index in [1.165, 1.54) is 4.68 Å². The zero-order chi connectivity index (χ0) is 15.7. The number of hydrogen-bond donors (Lipinski definition) is 2. The maximum absolute atomic E-state index is 12.7. The molecule has 0 spiro atoms. The minimum absolute atomic E-state index is 0.0941. The lowest BCUT2D eigenvalue weighted by molar-refractivity contribution is 0.0938. The van der Waals surface area contributed by atoms with Gasteiger partial charge in [0.2, 0.25) is 0 Å². The molecule has 1 aromatic heterocycles. The van der Waals surface area contributed by atoms with Gasteiger partial charge in [0.15, 0.2) is 0 Å². The predicted octanol–water partition coefficient (Wildman–Crippen LogP) is 0.576. The van der Waals surface area contributed by atoms with Crippen LogP contribution in [0.15, 0.2) is 35.1 Å². The Balaban J connectivity index is 1.99. The SMILES string of the molecule is Cc1c(C(=O)N[C@H]2CCNC2)c(=O)n(-c2ccccc2)n1C. The monoisotopic (exact) mass is 300 g/mol. The molecule has 1 aromatic carbocycles. The van der Waals surface area contributed by atoms with Crippen molar-refractivity contribution in [3.05, 3.63) is 51.9 Å². The van der Waals surface area contributed by atoms with Gasteiger partial charge in [-0.3, -0.25) is 14.3 Å². The molecular formula is C16H20N4O2. The van der Waals surface area contributed by atoms with Crippen LogP contribution < -0.4 is 16.2 Å². The number of rotatable bonds is 3. The molecule has 0 saturated carbocycles. The summed E-state index contributed by atoms with van der Waals surface area (Å²) in [6, 6.07) is 9.43. The van der Waals surface area contributed by atoms with Crippen LogP contribution in [-0.2, 0) is 7.05 Å². The van der Waals surface area contributed by atoms with E-state index in [2.05, 4.69) is 10.6 Å². The zero-order valence-corrected chi connectivity index (χ0v) is 12.8. The molecule has 2 aromatic rings. The lowest BCUT2D eigenvalue weighted by Gasteiger charge is -2.10. The zero-order valence-electron chi connectivity index (χ0n) is 12.8. The molecule has 2 heterocycles. The van der Waals surface area contributed by atoms with E-state index in [9.17, 15) is 9.59 Å². The van der Waals surface area contributed by atoms with Crippen molar-refractivity contribution in [1.29, 1.82) is 0 Å². The Labute approximate surface area is 128 Å². The fraction of sp³-hybridized carbons (Fsp3) is 0.375. The first-order chi connectivity index (χ1) is 10.6. The van der Waals surface area contributed by atoms with E-state index in [1.807, 2.05) is 30.3 Å².